The fourth-order valence-electron chi connectivity index (χ4n) is 5.06. The first-order valence-corrected chi connectivity index (χ1v) is 13.4. The molecule has 9 nitrogen and oxygen atoms in total. The highest BCUT2D eigenvalue weighted by molar-refractivity contribution is 6.09. The molecule has 1 aromatic carbocycles. The van der Waals surface area contributed by atoms with E-state index >= 15 is 0 Å². The number of hydrogen-bond acceptors (Lipinski definition) is 6. The van der Waals surface area contributed by atoms with Gasteiger partial charge in [-0.25, -0.2) is 23.1 Å². The van der Waals surface area contributed by atoms with Crippen molar-refractivity contribution in [1.29, 1.82) is 0 Å². The number of amides is 2. The molecule has 0 radical (unpaired) electrons. The summed E-state index contributed by atoms with van der Waals surface area (Å²) in [5.41, 5.74) is 1.99. The molecule has 12 heteroatoms. The van der Waals surface area contributed by atoms with Crippen LogP contribution in [0.2, 0.25) is 0 Å². The average Bonchev–Trinajstić information content (AvgIpc) is 3.68. The number of aromatic nitrogens is 3. The van der Waals surface area contributed by atoms with Crippen LogP contribution >= 0.6 is 0 Å². The van der Waals surface area contributed by atoms with Crippen LogP contribution in [0.15, 0.2) is 24.5 Å². The van der Waals surface area contributed by atoms with Gasteiger partial charge >= 0.3 is 0 Å². The number of aryl methyl sites for hydroxylation is 1. The fraction of sp³-hybridized carbons (Fsp3) is 0.500. The zero-order chi connectivity index (χ0) is 28.6. The topological polar surface area (TPSA) is 129 Å². The van der Waals surface area contributed by atoms with Gasteiger partial charge in [0.15, 0.2) is 0 Å². The van der Waals surface area contributed by atoms with E-state index in [-0.39, 0.29) is 17.5 Å². The third-order valence-corrected chi connectivity index (χ3v) is 7.50. The SMILES string of the molecule is Cc1[nH]c2c(-c3cc(C(F)F)ccc3OCC3CC3)ncnc2c1C(=O)N[C@H]1CC[C@H](NC(=O)[C@H](C)O)[C@H](F)C1. The van der Waals surface area contributed by atoms with E-state index in [2.05, 4.69) is 25.6 Å². The van der Waals surface area contributed by atoms with Crippen molar-refractivity contribution in [1.82, 2.24) is 25.6 Å². The first kappa shape index (κ1) is 27.9. The van der Waals surface area contributed by atoms with Gasteiger partial charge < -0.3 is 25.5 Å². The van der Waals surface area contributed by atoms with Crippen molar-refractivity contribution in [3.63, 3.8) is 0 Å². The highest BCUT2D eigenvalue weighted by Crippen LogP contribution is 2.38. The molecular formula is C28H32F3N5O4. The monoisotopic (exact) mass is 559 g/mol. The van der Waals surface area contributed by atoms with Gasteiger partial charge in [-0.1, -0.05) is 0 Å². The summed E-state index contributed by atoms with van der Waals surface area (Å²) in [7, 11) is 0. The molecule has 214 valence electrons. The second-order valence-corrected chi connectivity index (χ2v) is 10.7. The van der Waals surface area contributed by atoms with Gasteiger partial charge in [0.1, 0.15) is 35.6 Å². The van der Waals surface area contributed by atoms with Gasteiger partial charge in [0.2, 0.25) is 5.91 Å². The van der Waals surface area contributed by atoms with Crippen LogP contribution in [-0.2, 0) is 4.79 Å². The molecule has 3 aromatic rings. The third kappa shape index (κ3) is 5.91. The Morgan fingerprint density at radius 1 is 1.18 bits per heavy atom. The predicted molar refractivity (Wildman–Crippen MR) is 141 cm³/mol. The lowest BCUT2D eigenvalue weighted by Gasteiger charge is -2.32. The Bertz CT molecular complexity index is 1410. The number of H-pyrrole nitrogens is 1. The first-order valence-electron chi connectivity index (χ1n) is 13.4. The number of rotatable bonds is 9. The minimum Gasteiger partial charge on any atom is -0.493 e. The number of aliphatic hydroxyl groups excluding tert-OH is 1. The van der Waals surface area contributed by atoms with Gasteiger partial charge in [0, 0.05) is 29.3 Å². The smallest absolute Gasteiger partial charge is 0.263 e. The molecule has 0 saturated heterocycles. The molecule has 2 saturated carbocycles. The summed E-state index contributed by atoms with van der Waals surface area (Å²) in [6.07, 6.45) is -1.18. The van der Waals surface area contributed by atoms with E-state index in [1.807, 2.05) is 0 Å². The molecule has 2 heterocycles. The number of carbonyl (C=O) groups excluding carboxylic acids is 2. The molecular weight excluding hydrogens is 527 g/mol. The lowest BCUT2D eigenvalue weighted by atomic mass is 9.89. The number of nitrogens with zero attached hydrogens (tertiary/aromatic N) is 2. The maximum Gasteiger partial charge on any atom is 0.263 e. The number of hydrogen-bond donors (Lipinski definition) is 4. The maximum absolute atomic E-state index is 14.8. The van der Waals surface area contributed by atoms with Gasteiger partial charge in [-0.2, -0.15) is 0 Å². The van der Waals surface area contributed by atoms with Gasteiger partial charge in [-0.05, 0) is 63.6 Å². The number of benzene rings is 1. The standard InChI is InChI=1S/C28H32F3N5O4/c1-13-22(28(39)35-17-6-7-20(19(29)10-17)36-27(38)14(2)37)24-25(34-13)23(32-12-33-24)18-9-16(26(30)31)5-8-21(18)40-11-15-3-4-15/h5,8-9,12,14-15,17,19-20,26,34,37H,3-4,6-7,10-11H2,1-2H3,(H,35,39)(H,36,38)/t14-,17-,19+,20-/m0/s1. The fourth-order valence-corrected chi connectivity index (χ4v) is 5.06. The van der Waals surface area contributed by atoms with Crippen LogP contribution in [0, 0.1) is 12.8 Å². The van der Waals surface area contributed by atoms with E-state index < -0.39 is 42.6 Å². The highest BCUT2D eigenvalue weighted by atomic mass is 19.3. The van der Waals surface area contributed by atoms with Gasteiger partial charge in [0.05, 0.1) is 23.7 Å². The lowest BCUT2D eigenvalue weighted by molar-refractivity contribution is -0.130. The molecule has 2 amide bonds. The molecule has 40 heavy (non-hydrogen) atoms. The zero-order valence-corrected chi connectivity index (χ0v) is 22.2. The summed E-state index contributed by atoms with van der Waals surface area (Å²) in [5, 5.41) is 14.8. The molecule has 0 unspecified atom stereocenters. The zero-order valence-electron chi connectivity index (χ0n) is 22.2. The maximum atomic E-state index is 14.8. The van der Waals surface area contributed by atoms with Crippen LogP contribution in [0.5, 0.6) is 5.75 Å². The normalized spacial score (nSPS) is 21.8. The number of halogens is 3. The molecule has 0 aliphatic heterocycles. The van der Waals surface area contributed by atoms with Gasteiger partial charge in [0.25, 0.3) is 12.3 Å². The van der Waals surface area contributed by atoms with E-state index in [9.17, 15) is 27.9 Å². The predicted octanol–water partition coefficient (Wildman–Crippen LogP) is 4.15. The van der Waals surface area contributed by atoms with E-state index in [0.717, 1.165) is 12.8 Å². The Labute approximate surface area is 228 Å². The summed E-state index contributed by atoms with van der Waals surface area (Å²) in [5.74, 6) is -0.226. The Balaban J connectivity index is 1.39. The van der Waals surface area contributed by atoms with E-state index in [1.54, 1.807) is 6.92 Å². The summed E-state index contributed by atoms with van der Waals surface area (Å²) in [6.45, 7) is 3.48. The van der Waals surface area contributed by atoms with Crippen molar-refractivity contribution in [2.75, 3.05) is 6.61 Å². The van der Waals surface area contributed by atoms with Crippen molar-refractivity contribution in [2.24, 2.45) is 5.92 Å². The minimum atomic E-state index is -2.69. The Hall–Kier alpha value is -3.67. The highest BCUT2D eigenvalue weighted by Gasteiger charge is 2.34. The number of ether oxygens (including phenoxy) is 1. The molecule has 4 atom stereocenters. The summed E-state index contributed by atoms with van der Waals surface area (Å²) < 4.78 is 47.9. The van der Waals surface area contributed by atoms with Crippen LogP contribution in [0.25, 0.3) is 22.3 Å². The van der Waals surface area contributed by atoms with Crippen LogP contribution in [0.4, 0.5) is 13.2 Å². The molecule has 2 aromatic heterocycles. The minimum absolute atomic E-state index is 0.000245. The number of alkyl halides is 3. The number of fused-ring (bicyclic) bond motifs is 1. The van der Waals surface area contributed by atoms with Crippen molar-refractivity contribution >= 4 is 22.8 Å². The number of aliphatic hydroxyl groups is 1. The third-order valence-electron chi connectivity index (χ3n) is 7.50. The van der Waals surface area contributed by atoms with Crippen LogP contribution in [-0.4, -0.2) is 62.8 Å². The average molecular weight is 560 g/mol. The van der Waals surface area contributed by atoms with Gasteiger partial charge in [-0.15, -0.1) is 0 Å². The quantitative estimate of drug-likeness (QED) is 0.312. The Morgan fingerprint density at radius 2 is 1.95 bits per heavy atom. The van der Waals surface area contributed by atoms with E-state index in [0.29, 0.717) is 59.1 Å². The number of nitrogens with one attached hydrogen (secondary N) is 3. The summed E-state index contributed by atoms with van der Waals surface area (Å²) in [6, 6.07) is 2.99. The van der Waals surface area contributed by atoms with Crippen molar-refractivity contribution in [2.45, 2.75) is 76.7 Å². The van der Waals surface area contributed by atoms with Crippen molar-refractivity contribution in [3.8, 4) is 17.0 Å². The summed E-state index contributed by atoms with van der Waals surface area (Å²) in [4.78, 5) is 36.9. The molecule has 5 rings (SSSR count). The second-order valence-electron chi connectivity index (χ2n) is 10.7. The number of aromatic amines is 1. The largest absolute Gasteiger partial charge is 0.493 e. The van der Waals surface area contributed by atoms with Crippen LogP contribution in [0.1, 0.15) is 67.1 Å². The van der Waals surface area contributed by atoms with Gasteiger partial charge in [-0.3, -0.25) is 9.59 Å². The molecule has 2 aliphatic rings. The molecule has 4 N–H and O–H groups in total. The van der Waals surface area contributed by atoms with Crippen LogP contribution in [0.3, 0.4) is 0 Å². The Morgan fingerprint density at radius 3 is 2.62 bits per heavy atom. The molecule has 2 aliphatic carbocycles. The van der Waals surface area contributed by atoms with E-state index in [1.165, 1.54) is 31.5 Å². The van der Waals surface area contributed by atoms with E-state index in [4.69, 9.17) is 4.74 Å². The van der Waals surface area contributed by atoms with Crippen LogP contribution < -0.4 is 15.4 Å². The number of carbonyl (C=O) groups is 2. The molecule has 2 fully saturated rings. The lowest BCUT2D eigenvalue weighted by Crippen LogP contribution is -2.51. The molecule has 0 spiro atoms. The van der Waals surface area contributed by atoms with Crippen molar-refractivity contribution in [3.05, 3.63) is 41.3 Å². The molecule has 0 bridgehead atoms. The van der Waals surface area contributed by atoms with Crippen molar-refractivity contribution < 1.29 is 32.6 Å². The first-order chi connectivity index (χ1) is 19.1. The summed E-state index contributed by atoms with van der Waals surface area (Å²) >= 11 is 0. The Kier molecular flexibility index (Phi) is 7.97. The second kappa shape index (κ2) is 11.4.